The number of nitrogens with one attached hydrogen (secondary N) is 1. The lowest BCUT2D eigenvalue weighted by Crippen LogP contribution is -2.23. The van der Waals surface area contributed by atoms with Gasteiger partial charge >= 0.3 is 0 Å². The first-order valence-corrected chi connectivity index (χ1v) is 7.65. The van der Waals surface area contributed by atoms with Gasteiger partial charge in [-0.25, -0.2) is 4.39 Å². The van der Waals surface area contributed by atoms with Crippen LogP contribution in [0.1, 0.15) is 29.1 Å². The summed E-state index contributed by atoms with van der Waals surface area (Å²) < 4.78 is 18.1. The van der Waals surface area contributed by atoms with Gasteiger partial charge in [-0.2, -0.15) is 0 Å². The molecule has 1 aromatic carbocycles. The average molecular weight is 344 g/mol. The fourth-order valence-electron chi connectivity index (χ4n) is 1.99. The Labute approximate surface area is 124 Å². The summed E-state index contributed by atoms with van der Waals surface area (Å²) in [6.45, 7) is 4.84. The summed E-state index contributed by atoms with van der Waals surface area (Å²) in [5.41, 5.74) is 1.88. The summed E-state index contributed by atoms with van der Waals surface area (Å²) in [6, 6.07) is 5.23. The maximum atomic E-state index is 13.5. The molecule has 0 spiro atoms. The third-order valence-corrected chi connectivity index (χ3v) is 4.74. The van der Waals surface area contributed by atoms with Crippen LogP contribution in [0.4, 0.5) is 4.39 Å². The van der Waals surface area contributed by atoms with Gasteiger partial charge in [0.2, 0.25) is 0 Å². The van der Waals surface area contributed by atoms with Crippen molar-refractivity contribution >= 4 is 27.5 Å². The summed E-state index contributed by atoms with van der Waals surface area (Å²) in [5, 5.41) is 7.45. The first-order chi connectivity index (χ1) is 9.13. The minimum absolute atomic E-state index is 0.114. The first-order valence-electron chi connectivity index (χ1n) is 6.08. The van der Waals surface area contributed by atoms with Gasteiger partial charge in [0.05, 0.1) is 15.0 Å². The van der Waals surface area contributed by atoms with Crippen LogP contribution in [0.25, 0.3) is 0 Å². The summed E-state index contributed by atoms with van der Waals surface area (Å²) in [7, 11) is 0. The molecule has 0 amide bonds. The minimum Gasteiger partial charge on any atom is -0.309 e. The van der Waals surface area contributed by atoms with E-state index in [9.17, 15) is 4.39 Å². The van der Waals surface area contributed by atoms with Crippen molar-refractivity contribution in [3.63, 3.8) is 0 Å². The van der Waals surface area contributed by atoms with E-state index in [0.717, 1.165) is 22.7 Å². The summed E-state index contributed by atoms with van der Waals surface area (Å²) in [4.78, 5) is 1.11. The van der Waals surface area contributed by atoms with E-state index < -0.39 is 0 Å². The lowest BCUT2D eigenvalue weighted by molar-refractivity contribution is 0.549. The van der Waals surface area contributed by atoms with Gasteiger partial charge < -0.3 is 5.32 Å². The van der Waals surface area contributed by atoms with Crippen molar-refractivity contribution in [2.24, 2.45) is 0 Å². The third-order valence-electron chi connectivity index (χ3n) is 2.91. The van der Waals surface area contributed by atoms with E-state index in [1.54, 1.807) is 6.07 Å². The zero-order valence-electron chi connectivity index (χ0n) is 10.8. The topological polar surface area (TPSA) is 37.8 Å². The number of hydrogen-bond acceptors (Lipinski definition) is 4. The molecule has 0 aliphatic heterocycles. The number of aryl methyl sites for hydroxylation is 1. The second-order valence-corrected chi connectivity index (χ2v) is 5.83. The molecule has 102 valence electrons. The average Bonchev–Trinajstić information content (AvgIpc) is 2.80. The summed E-state index contributed by atoms with van der Waals surface area (Å²) in [6.07, 6.45) is 0.705. The zero-order valence-corrected chi connectivity index (χ0v) is 13.2. The van der Waals surface area contributed by atoms with Gasteiger partial charge in [0.1, 0.15) is 5.82 Å². The van der Waals surface area contributed by atoms with E-state index >= 15 is 0 Å². The Balaban J connectivity index is 2.27. The Hall–Kier alpha value is -0.850. The number of halogens is 2. The van der Waals surface area contributed by atoms with Gasteiger partial charge in [-0.15, -0.1) is 5.10 Å². The highest BCUT2D eigenvalue weighted by molar-refractivity contribution is 9.10. The molecule has 0 saturated heterocycles. The molecule has 3 nitrogen and oxygen atoms in total. The first kappa shape index (κ1) is 14.6. The van der Waals surface area contributed by atoms with Crippen molar-refractivity contribution in [3.8, 4) is 0 Å². The number of likely N-dealkylation sites (N-methyl/N-ethyl adjacent to an activating group) is 1. The Morgan fingerprint density at radius 2 is 2.26 bits per heavy atom. The Morgan fingerprint density at radius 3 is 2.89 bits per heavy atom. The van der Waals surface area contributed by atoms with Crippen molar-refractivity contribution in [1.29, 1.82) is 0 Å². The number of nitrogens with zero attached hydrogens (tertiary/aromatic N) is 2. The molecule has 0 bridgehead atoms. The van der Waals surface area contributed by atoms with E-state index in [1.165, 1.54) is 17.6 Å². The second kappa shape index (κ2) is 6.54. The fraction of sp³-hybridized carbons (Fsp3) is 0.385. The van der Waals surface area contributed by atoms with E-state index in [4.69, 9.17) is 0 Å². The molecule has 2 rings (SSSR count). The smallest absolute Gasteiger partial charge is 0.137 e. The van der Waals surface area contributed by atoms with Gasteiger partial charge in [-0.3, -0.25) is 0 Å². The molecule has 19 heavy (non-hydrogen) atoms. The van der Waals surface area contributed by atoms with Gasteiger partial charge in [-0.05, 0) is 59.0 Å². The molecular formula is C13H15BrFN3S. The van der Waals surface area contributed by atoms with Gasteiger partial charge in [0, 0.05) is 6.04 Å². The summed E-state index contributed by atoms with van der Waals surface area (Å²) in [5.74, 6) is -0.230. The maximum Gasteiger partial charge on any atom is 0.137 e. The fourth-order valence-corrected chi connectivity index (χ4v) is 3.13. The molecule has 1 atom stereocenters. The van der Waals surface area contributed by atoms with Crippen molar-refractivity contribution in [2.45, 2.75) is 26.3 Å². The number of hydrogen-bond donors (Lipinski definition) is 1. The second-order valence-electron chi connectivity index (χ2n) is 4.25. The highest BCUT2D eigenvalue weighted by Gasteiger charge is 2.18. The van der Waals surface area contributed by atoms with Crippen LogP contribution < -0.4 is 5.32 Å². The molecule has 1 N–H and O–H groups in total. The predicted octanol–water partition coefficient (Wildman–Crippen LogP) is 3.64. The predicted molar refractivity (Wildman–Crippen MR) is 78.9 cm³/mol. The standard InChI is InChI=1S/C13H15BrFN3S/c1-3-16-11(13-8(2)17-18-19-13)7-9-5-4-6-10(15)12(9)14/h4-6,11,16H,3,7H2,1-2H3. The molecule has 2 aromatic rings. The van der Waals surface area contributed by atoms with Crippen molar-refractivity contribution in [3.05, 3.63) is 44.6 Å². The van der Waals surface area contributed by atoms with E-state index in [2.05, 4.69) is 37.8 Å². The van der Waals surface area contributed by atoms with E-state index in [0.29, 0.717) is 10.9 Å². The molecule has 0 aliphatic rings. The SMILES string of the molecule is CCNC(Cc1cccc(F)c1Br)c1snnc1C. The normalized spacial score (nSPS) is 12.6. The third kappa shape index (κ3) is 3.38. The maximum absolute atomic E-state index is 13.5. The van der Waals surface area contributed by atoms with E-state index in [1.807, 2.05) is 13.0 Å². The molecule has 1 unspecified atom stereocenters. The van der Waals surface area contributed by atoms with Crippen LogP contribution in [-0.2, 0) is 6.42 Å². The molecule has 0 saturated carbocycles. The summed E-state index contributed by atoms with van der Waals surface area (Å²) >= 11 is 4.71. The largest absolute Gasteiger partial charge is 0.309 e. The van der Waals surface area contributed by atoms with Crippen LogP contribution in [-0.4, -0.2) is 16.1 Å². The molecule has 6 heteroatoms. The van der Waals surface area contributed by atoms with Crippen molar-refractivity contribution < 1.29 is 4.39 Å². The Kier molecular flexibility index (Phi) is 5.01. The molecule has 1 aromatic heterocycles. The van der Waals surface area contributed by atoms with Crippen LogP contribution in [0.15, 0.2) is 22.7 Å². The lowest BCUT2D eigenvalue weighted by Gasteiger charge is -2.17. The quantitative estimate of drug-likeness (QED) is 0.900. The molecular weight excluding hydrogens is 329 g/mol. The molecule has 0 fully saturated rings. The number of aromatic nitrogens is 2. The van der Waals surface area contributed by atoms with Crippen molar-refractivity contribution in [2.75, 3.05) is 6.54 Å². The minimum atomic E-state index is -0.230. The lowest BCUT2D eigenvalue weighted by atomic mass is 10.0. The highest BCUT2D eigenvalue weighted by atomic mass is 79.9. The molecule has 1 heterocycles. The highest BCUT2D eigenvalue weighted by Crippen LogP contribution is 2.28. The molecule has 0 aliphatic carbocycles. The van der Waals surface area contributed by atoms with Crippen LogP contribution in [0.5, 0.6) is 0 Å². The van der Waals surface area contributed by atoms with Crippen LogP contribution in [0, 0.1) is 12.7 Å². The zero-order chi connectivity index (χ0) is 13.8. The number of benzene rings is 1. The van der Waals surface area contributed by atoms with Crippen LogP contribution in [0.3, 0.4) is 0 Å². The monoisotopic (exact) mass is 343 g/mol. The van der Waals surface area contributed by atoms with E-state index in [-0.39, 0.29) is 11.9 Å². The number of rotatable bonds is 5. The van der Waals surface area contributed by atoms with Gasteiger partial charge in [0.25, 0.3) is 0 Å². The van der Waals surface area contributed by atoms with Crippen LogP contribution in [0.2, 0.25) is 0 Å². The Morgan fingerprint density at radius 1 is 1.47 bits per heavy atom. The van der Waals surface area contributed by atoms with Crippen LogP contribution >= 0.6 is 27.5 Å². The van der Waals surface area contributed by atoms with Crippen molar-refractivity contribution in [1.82, 2.24) is 14.9 Å². The Bertz CT molecular complexity index is 559. The van der Waals surface area contributed by atoms with Gasteiger partial charge in [-0.1, -0.05) is 23.5 Å². The van der Waals surface area contributed by atoms with Gasteiger partial charge in [0.15, 0.2) is 0 Å². The molecule has 0 radical (unpaired) electrons.